The highest BCUT2D eigenvalue weighted by Gasteiger charge is 2.20. The molecule has 0 amide bonds. The first-order valence-corrected chi connectivity index (χ1v) is 9.63. The molecule has 1 heterocycles. The van der Waals surface area contributed by atoms with Gasteiger partial charge in [0.05, 0.1) is 29.1 Å². The summed E-state index contributed by atoms with van der Waals surface area (Å²) in [6, 6.07) is 8.01. The van der Waals surface area contributed by atoms with E-state index in [1.54, 1.807) is 23.9 Å². The maximum Gasteiger partial charge on any atom is 0.311 e. The van der Waals surface area contributed by atoms with Gasteiger partial charge in [-0.3, -0.25) is 14.9 Å². The number of ether oxygens (including phenoxy) is 3. The number of allylic oxidation sites excluding steroid dienone is 1. The lowest BCUT2D eigenvalue weighted by Crippen LogP contribution is -2.03. The highest BCUT2D eigenvalue weighted by Crippen LogP contribution is 2.41. The Bertz CT molecular complexity index is 941. The van der Waals surface area contributed by atoms with Crippen molar-refractivity contribution in [3.8, 4) is 17.2 Å². The third-order valence-electron chi connectivity index (χ3n) is 4.03. The largest absolute Gasteiger partial charge is 0.493 e. The van der Waals surface area contributed by atoms with Crippen molar-refractivity contribution in [1.29, 1.82) is 0 Å². The second kappa shape index (κ2) is 8.79. The lowest BCUT2D eigenvalue weighted by Gasteiger charge is -2.10. The number of carbonyl (C=O) groups excluding carboxylic acids is 1. The summed E-state index contributed by atoms with van der Waals surface area (Å²) in [4.78, 5) is 24.3. The van der Waals surface area contributed by atoms with Gasteiger partial charge in [0.1, 0.15) is 17.4 Å². The van der Waals surface area contributed by atoms with Crippen molar-refractivity contribution in [2.24, 2.45) is 0 Å². The molecule has 2 aromatic carbocycles. The molecule has 3 rings (SSSR count). The van der Waals surface area contributed by atoms with Crippen LogP contribution in [0.25, 0.3) is 6.08 Å². The second-order valence-corrected chi connectivity index (χ2v) is 6.90. The maximum absolute atomic E-state index is 12.8. The van der Waals surface area contributed by atoms with Gasteiger partial charge in [0.15, 0.2) is 11.5 Å². The molecule has 7 nitrogen and oxygen atoms in total. The summed E-state index contributed by atoms with van der Waals surface area (Å²) in [5.41, 5.74) is 0.755. The first-order valence-electron chi connectivity index (χ1n) is 8.64. The van der Waals surface area contributed by atoms with E-state index in [0.29, 0.717) is 35.2 Å². The maximum atomic E-state index is 12.8. The molecule has 0 radical (unpaired) electrons. The van der Waals surface area contributed by atoms with Gasteiger partial charge in [0.2, 0.25) is 0 Å². The van der Waals surface area contributed by atoms with Crippen LogP contribution in [0.4, 0.5) is 5.69 Å². The van der Waals surface area contributed by atoms with E-state index in [4.69, 9.17) is 14.2 Å². The molecule has 0 fully saturated rings. The zero-order valence-electron chi connectivity index (χ0n) is 15.5. The average Bonchev–Trinajstić information content (AvgIpc) is 3.16. The van der Waals surface area contributed by atoms with E-state index in [1.165, 1.54) is 31.4 Å². The quantitative estimate of drug-likeness (QED) is 0.273. The molecule has 0 atom stereocenters. The molecule has 0 N–H and O–H groups in total. The van der Waals surface area contributed by atoms with Gasteiger partial charge in [-0.1, -0.05) is 30.8 Å². The van der Waals surface area contributed by atoms with E-state index in [-0.39, 0.29) is 17.2 Å². The molecular formula is C20H19NO6S. The van der Waals surface area contributed by atoms with Crippen LogP contribution in [0.5, 0.6) is 17.2 Å². The van der Waals surface area contributed by atoms with Gasteiger partial charge in [-0.05, 0) is 36.3 Å². The summed E-state index contributed by atoms with van der Waals surface area (Å²) in [5, 5.41) is 11.1. The van der Waals surface area contributed by atoms with E-state index in [1.807, 2.05) is 13.0 Å². The number of hydrogen-bond acceptors (Lipinski definition) is 7. The van der Waals surface area contributed by atoms with Gasteiger partial charge in [-0.2, -0.15) is 0 Å². The van der Waals surface area contributed by atoms with E-state index in [0.717, 1.165) is 11.3 Å². The van der Waals surface area contributed by atoms with Gasteiger partial charge in [-0.15, -0.1) is 0 Å². The molecule has 0 unspecified atom stereocenters. The van der Waals surface area contributed by atoms with Crippen LogP contribution in [0.2, 0.25) is 0 Å². The zero-order valence-corrected chi connectivity index (χ0v) is 16.3. The van der Waals surface area contributed by atoms with Crippen molar-refractivity contribution >= 4 is 29.3 Å². The minimum absolute atomic E-state index is 0.160. The molecule has 8 heteroatoms. The van der Waals surface area contributed by atoms with Crippen molar-refractivity contribution in [3.63, 3.8) is 0 Å². The van der Waals surface area contributed by atoms with Crippen molar-refractivity contribution in [2.75, 3.05) is 19.7 Å². The number of ketones is 1. The molecule has 0 saturated heterocycles. The van der Waals surface area contributed by atoms with Crippen molar-refractivity contribution in [2.45, 2.75) is 18.2 Å². The number of nitrogens with zero attached hydrogens (tertiary/aromatic N) is 1. The average molecular weight is 401 g/mol. The van der Waals surface area contributed by atoms with Crippen LogP contribution >= 0.6 is 11.8 Å². The molecule has 0 aliphatic carbocycles. The van der Waals surface area contributed by atoms with Gasteiger partial charge in [-0.25, -0.2) is 0 Å². The SMILES string of the molecule is CCCOc1cc2c(cc1C(=O)C=Cc1ccc(OC)c([N+](=O)[O-])c1)OCS2. The molecular weight excluding hydrogens is 382 g/mol. The van der Waals surface area contributed by atoms with E-state index >= 15 is 0 Å². The van der Waals surface area contributed by atoms with Crippen LogP contribution in [0.1, 0.15) is 29.3 Å². The normalized spacial score (nSPS) is 12.5. The third kappa shape index (κ3) is 4.28. The summed E-state index contributed by atoms with van der Waals surface area (Å²) in [5.74, 6) is 1.57. The predicted octanol–water partition coefficient (Wildman–Crippen LogP) is 4.73. The van der Waals surface area contributed by atoms with Crippen LogP contribution < -0.4 is 14.2 Å². The number of fused-ring (bicyclic) bond motifs is 1. The number of nitro benzene ring substituents is 1. The van der Waals surface area contributed by atoms with Gasteiger partial charge in [0, 0.05) is 6.07 Å². The summed E-state index contributed by atoms with van der Waals surface area (Å²) >= 11 is 1.55. The monoisotopic (exact) mass is 401 g/mol. The number of hydrogen-bond donors (Lipinski definition) is 0. The summed E-state index contributed by atoms with van der Waals surface area (Å²) in [6.07, 6.45) is 3.72. The molecule has 2 aromatic rings. The molecule has 0 bridgehead atoms. The summed E-state index contributed by atoms with van der Waals surface area (Å²) in [7, 11) is 1.37. The van der Waals surface area contributed by atoms with Gasteiger partial charge >= 0.3 is 5.69 Å². The smallest absolute Gasteiger partial charge is 0.311 e. The molecule has 146 valence electrons. The Balaban J connectivity index is 1.88. The van der Waals surface area contributed by atoms with Crippen LogP contribution in [0.15, 0.2) is 41.3 Å². The number of methoxy groups -OCH3 is 1. The zero-order chi connectivity index (χ0) is 20.1. The minimum atomic E-state index is -0.524. The highest BCUT2D eigenvalue weighted by atomic mass is 32.2. The third-order valence-corrected chi connectivity index (χ3v) is 4.89. The first-order chi connectivity index (χ1) is 13.5. The fraction of sp³-hybridized carbons (Fsp3) is 0.250. The van der Waals surface area contributed by atoms with Crippen LogP contribution in [-0.2, 0) is 0 Å². The van der Waals surface area contributed by atoms with Crippen LogP contribution in [0, 0.1) is 10.1 Å². The lowest BCUT2D eigenvalue weighted by molar-refractivity contribution is -0.385. The second-order valence-electron chi connectivity index (χ2n) is 5.94. The van der Waals surface area contributed by atoms with Crippen molar-refractivity contribution in [3.05, 3.63) is 57.6 Å². The Morgan fingerprint density at radius 1 is 1.32 bits per heavy atom. The van der Waals surface area contributed by atoms with E-state index in [2.05, 4.69) is 0 Å². The van der Waals surface area contributed by atoms with Crippen molar-refractivity contribution in [1.82, 2.24) is 0 Å². The molecule has 0 saturated carbocycles. The predicted molar refractivity (Wildman–Crippen MR) is 107 cm³/mol. The Morgan fingerprint density at radius 3 is 2.86 bits per heavy atom. The Labute approximate surface area is 166 Å². The number of carbonyl (C=O) groups is 1. The molecule has 1 aliphatic heterocycles. The lowest BCUT2D eigenvalue weighted by atomic mass is 10.1. The number of benzene rings is 2. The molecule has 28 heavy (non-hydrogen) atoms. The standard InChI is InChI=1S/C20H19NO6S/c1-3-8-26-18-11-20-19(27-12-28-20)10-14(18)16(22)6-4-13-5-7-17(25-2)15(9-13)21(23)24/h4-7,9-11H,3,8,12H2,1-2H3. The Kier molecular flexibility index (Phi) is 6.20. The summed E-state index contributed by atoms with van der Waals surface area (Å²) in [6.45, 7) is 2.49. The number of rotatable bonds is 8. The van der Waals surface area contributed by atoms with Gasteiger partial charge < -0.3 is 14.2 Å². The summed E-state index contributed by atoms with van der Waals surface area (Å²) < 4.78 is 16.2. The Hall–Kier alpha value is -3.00. The fourth-order valence-electron chi connectivity index (χ4n) is 2.66. The van der Waals surface area contributed by atoms with E-state index in [9.17, 15) is 14.9 Å². The first kappa shape index (κ1) is 19.8. The molecule has 0 aromatic heterocycles. The molecule has 0 spiro atoms. The highest BCUT2D eigenvalue weighted by molar-refractivity contribution is 7.99. The van der Waals surface area contributed by atoms with Crippen LogP contribution in [-0.4, -0.2) is 30.4 Å². The topological polar surface area (TPSA) is 87.9 Å². The van der Waals surface area contributed by atoms with E-state index < -0.39 is 4.92 Å². The van der Waals surface area contributed by atoms with Gasteiger partial charge in [0.25, 0.3) is 0 Å². The van der Waals surface area contributed by atoms with Crippen molar-refractivity contribution < 1.29 is 23.9 Å². The van der Waals surface area contributed by atoms with Crippen LogP contribution in [0.3, 0.4) is 0 Å². The Morgan fingerprint density at radius 2 is 2.14 bits per heavy atom. The number of thioether (sulfide) groups is 1. The minimum Gasteiger partial charge on any atom is -0.493 e. The fourth-order valence-corrected chi connectivity index (χ4v) is 3.43. The molecule has 1 aliphatic rings. The number of nitro groups is 1.